The standard InChI is InChI=1S/C14H9ClN2O3S/c1-7-2-3-8(21-7)4-10-9-5-13(17(19)20)11(15)6-12(9)16-14(10)18/h2-6H,1H3,(H,16,18)/b10-4+. The SMILES string of the molecule is Cc1ccc(/C=C2/C(=O)Nc3cc(Cl)c([N+](=O)[O-])cc32)s1. The summed E-state index contributed by atoms with van der Waals surface area (Å²) in [6.45, 7) is 1.97. The average molecular weight is 321 g/mol. The van der Waals surface area contributed by atoms with Crippen molar-refractivity contribution in [1.82, 2.24) is 0 Å². The summed E-state index contributed by atoms with van der Waals surface area (Å²) in [7, 11) is 0. The summed E-state index contributed by atoms with van der Waals surface area (Å²) in [5, 5.41) is 13.6. The number of rotatable bonds is 2. The molecule has 0 saturated heterocycles. The summed E-state index contributed by atoms with van der Waals surface area (Å²) in [5.41, 5.74) is 1.20. The van der Waals surface area contributed by atoms with Gasteiger partial charge in [0.1, 0.15) is 5.02 Å². The van der Waals surface area contributed by atoms with Crippen molar-refractivity contribution >= 4 is 51.9 Å². The molecule has 1 amide bonds. The second kappa shape index (κ2) is 4.98. The van der Waals surface area contributed by atoms with Crippen LogP contribution >= 0.6 is 22.9 Å². The Kier molecular flexibility index (Phi) is 3.27. The first-order chi connectivity index (χ1) is 9.95. The van der Waals surface area contributed by atoms with Crippen LogP contribution in [0.15, 0.2) is 24.3 Å². The van der Waals surface area contributed by atoms with Gasteiger partial charge in [0, 0.05) is 21.4 Å². The summed E-state index contributed by atoms with van der Waals surface area (Å²) >= 11 is 7.40. The molecule has 5 nitrogen and oxygen atoms in total. The fourth-order valence-electron chi connectivity index (χ4n) is 2.16. The van der Waals surface area contributed by atoms with Gasteiger partial charge in [0.2, 0.25) is 0 Å². The molecular formula is C14H9ClN2O3S. The highest BCUT2D eigenvalue weighted by atomic mass is 35.5. The van der Waals surface area contributed by atoms with E-state index in [0.717, 1.165) is 9.75 Å². The van der Waals surface area contributed by atoms with Gasteiger partial charge in [0.05, 0.1) is 16.2 Å². The lowest BCUT2D eigenvalue weighted by molar-refractivity contribution is -0.384. The molecule has 0 aliphatic carbocycles. The Balaban J connectivity index is 2.14. The summed E-state index contributed by atoms with van der Waals surface area (Å²) in [6, 6.07) is 6.60. The highest BCUT2D eigenvalue weighted by Gasteiger charge is 2.28. The van der Waals surface area contributed by atoms with Crippen LogP contribution in [0, 0.1) is 17.0 Å². The Morgan fingerprint density at radius 1 is 1.38 bits per heavy atom. The molecule has 1 N–H and O–H groups in total. The first-order valence-corrected chi connectivity index (χ1v) is 7.23. The number of halogens is 1. The molecule has 3 rings (SSSR count). The van der Waals surface area contributed by atoms with Gasteiger partial charge in [-0.15, -0.1) is 11.3 Å². The third-order valence-corrected chi connectivity index (χ3v) is 4.36. The zero-order chi connectivity index (χ0) is 15.1. The first kappa shape index (κ1) is 13.8. The average Bonchev–Trinajstić information content (AvgIpc) is 2.93. The van der Waals surface area contributed by atoms with E-state index in [-0.39, 0.29) is 16.6 Å². The van der Waals surface area contributed by atoms with E-state index in [1.165, 1.54) is 12.1 Å². The van der Waals surface area contributed by atoms with Crippen LogP contribution in [-0.4, -0.2) is 10.8 Å². The van der Waals surface area contributed by atoms with Crippen molar-refractivity contribution in [3.8, 4) is 0 Å². The van der Waals surface area contributed by atoms with E-state index < -0.39 is 4.92 Å². The summed E-state index contributed by atoms with van der Waals surface area (Å²) in [5.74, 6) is -0.285. The molecular weight excluding hydrogens is 312 g/mol. The maximum absolute atomic E-state index is 12.0. The van der Waals surface area contributed by atoms with Gasteiger partial charge in [0.15, 0.2) is 0 Å². The van der Waals surface area contributed by atoms with Crippen molar-refractivity contribution in [3.63, 3.8) is 0 Å². The molecule has 1 aromatic carbocycles. The van der Waals surface area contributed by atoms with Gasteiger partial charge in [-0.1, -0.05) is 11.6 Å². The second-order valence-corrected chi connectivity index (χ2v) is 6.29. The van der Waals surface area contributed by atoms with Crippen molar-refractivity contribution in [2.75, 3.05) is 5.32 Å². The van der Waals surface area contributed by atoms with Crippen LogP contribution in [0.25, 0.3) is 11.6 Å². The predicted octanol–water partition coefficient (Wildman–Crippen LogP) is 4.11. The summed E-state index contributed by atoms with van der Waals surface area (Å²) in [6.07, 6.45) is 1.73. The molecule has 0 fully saturated rings. The number of amides is 1. The number of nitro groups is 1. The zero-order valence-corrected chi connectivity index (χ0v) is 12.4. The maximum atomic E-state index is 12.0. The fourth-order valence-corrected chi connectivity index (χ4v) is 3.21. The molecule has 2 aromatic rings. The molecule has 0 bridgehead atoms. The number of hydrogen-bond acceptors (Lipinski definition) is 4. The highest BCUT2D eigenvalue weighted by Crippen LogP contribution is 2.40. The maximum Gasteiger partial charge on any atom is 0.288 e. The Morgan fingerprint density at radius 2 is 2.14 bits per heavy atom. The van der Waals surface area contributed by atoms with E-state index in [4.69, 9.17) is 11.6 Å². The predicted molar refractivity (Wildman–Crippen MR) is 83.7 cm³/mol. The molecule has 0 unspecified atom stereocenters. The number of hydrogen-bond donors (Lipinski definition) is 1. The van der Waals surface area contributed by atoms with Crippen molar-refractivity contribution in [3.05, 3.63) is 54.7 Å². The number of nitrogens with one attached hydrogen (secondary N) is 1. The monoisotopic (exact) mass is 320 g/mol. The number of aryl methyl sites for hydroxylation is 1. The van der Waals surface area contributed by atoms with E-state index in [1.54, 1.807) is 17.4 Å². The molecule has 1 aromatic heterocycles. The topological polar surface area (TPSA) is 72.2 Å². The molecule has 106 valence electrons. The number of anilines is 1. The fraction of sp³-hybridized carbons (Fsp3) is 0.0714. The van der Waals surface area contributed by atoms with E-state index in [1.807, 2.05) is 19.1 Å². The van der Waals surface area contributed by atoms with Gasteiger partial charge in [0.25, 0.3) is 11.6 Å². The smallest absolute Gasteiger partial charge is 0.288 e. The lowest BCUT2D eigenvalue weighted by atomic mass is 10.1. The van der Waals surface area contributed by atoms with Crippen molar-refractivity contribution in [1.29, 1.82) is 0 Å². The van der Waals surface area contributed by atoms with E-state index in [0.29, 0.717) is 16.8 Å². The Bertz CT molecular complexity index is 811. The Morgan fingerprint density at radius 3 is 2.76 bits per heavy atom. The quantitative estimate of drug-likeness (QED) is 0.514. The van der Waals surface area contributed by atoms with Crippen molar-refractivity contribution < 1.29 is 9.72 Å². The van der Waals surface area contributed by atoms with Gasteiger partial charge in [-0.05, 0) is 31.2 Å². The van der Waals surface area contributed by atoms with E-state index in [9.17, 15) is 14.9 Å². The number of fused-ring (bicyclic) bond motifs is 1. The zero-order valence-electron chi connectivity index (χ0n) is 10.8. The van der Waals surface area contributed by atoms with Crippen molar-refractivity contribution in [2.45, 2.75) is 6.92 Å². The van der Waals surface area contributed by atoms with E-state index in [2.05, 4.69) is 5.32 Å². The Hall–Kier alpha value is -2.18. The van der Waals surface area contributed by atoms with E-state index >= 15 is 0 Å². The van der Waals surface area contributed by atoms with Crippen LogP contribution in [0.3, 0.4) is 0 Å². The number of carbonyl (C=O) groups excluding carboxylic acids is 1. The molecule has 0 saturated carbocycles. The molecule has 21 heavy (non-hydrogen) atoms. The molecule has 1 aliphatic heterocycles. The van der Waals surface area contributed by atoms with Crippen molar-refractivity contribution in [2.24, 2.45) is 0 Å². The molecule has 0 radical (unpaired) electrons. The lowest BCUT2D eigenvalue weighted by Gasteiger charge is -2.00. The molecule has 2 heterocycles. The third-order valence-electron chi connectivity index (χ3n) is 3.11. The van der Waals surface area contributed by atoms with Crippen LogP contribution in [0.5, 0.6) is 0 Å². The number of benzene rings is 1. The van der Waals surface area contributed by atoms with Crippen LogP contribution in [0.1, 0.15) is 15.3 Å². The van der Waals surface area contributed by atoms with Crippen LogP contribution in [0.2, 0.25) is 5.02 Å². The first-order valence-electron chi connectivity index (χ1n) is 6.03. The van der Waals surface area contributed by atoms with Crippen LogP contribution in [-0.2, 0) is 4.79 Å². The lowest BCUT2D eigenvalue weighted by Crippen LogP contribution is -2.03. The normalized spacial score (nSPS) is 15.1. The molecule has 7 heteroatoms. The largest absolute Gasteiger partial charge is 0.321 e. The molecule has 0 spiro atoms. The van der Waals surface area contributed by atoms with Gasteiger partial charge in [-0.25, -0.2) is 0 Å². The van der Waals surface area contributed by atoms with Gasteiger partial charge < -0.3 is 5.32 Å². The number of nitrogens with zero attached hydrogens (tertiary/aromatic N) is 1. The van der Waals surface area contributed by atoms with Crippen LogP contribution < -0.4 is 5.32 Å². The third kappa shape index (κ3) is 2.43. The highest BCUT2D eigenvalue weighted by molar-refractivity contribution is 7.12. The van der Waals surface area contributed by atoms with Gasteiger partial charge in [-0.3, -0.25) is 14.9 Å². The van der Waals surface area contributed by atoms with Gasteiger partial charge >= 0.3 is 0 Å². The minimum Gasteiger partial charge on any atom is -0.321 e. The van der Waals surface area contributed by atoms with Crippen LogP contribution in [0.4, 0.5) is 11.4 Å². The van der Waals surface area contributed by atoms with Gasteiger partial charge in [-0.2, -0.15) is 0 Å². The Labute approximate surface area is 129 Å². The number of thiophene rings is 1. The minimum atomic E-state index is -0.557. The summed E-state index contributed by atoms with van der Waals surface area (Å²) < 4.78 is 0. The number of nitro benzene ring substituents is 1. The molecule has 1 aliphatic rings. The minimum absolute atomic E-state index is 0.00673. The second-order valence-electron chi connectivity index (χ2n) is 4.57. The molecule has 0 atom stereocenters. The summed E-state index contributed by atoms with van der Waals surface area (Å²) in [4.78, 5) is 24.5. The number of carbonyl (C=O) groups is 1.